The average Bonchev–Trinajstić information content (AvgIpc) is 2.59. The van der Waals surface area contributed by atoms with Gasteiger partial charge in [-0.15, -0.1) is 0 Å². The van der Waals surface area contributed by atoms with E-state index >= 15 is 0 Å². The molecule has 0 aromatic rings. The summed E-state index contributed by atoms with van der Waals surface area (Å²) in [6.07, 6.45) is 10.7. The molecule has 0 aliphatic heterocycles. The Balaban J connectivity index is 1.72. The van der Waals surface area contributed by atoms with E-state index in [1.165, 1.54) is 12.8 Å². The molecule has 2 saturated carbocycles. The zero-order chi connectivity index (χ0) is 12.2. The summed E-state index contributed by atoms with van der Waals surface area (Å²) < 4.78 is 0. The molecule has 0 aromatic heterocycles. The molecule has 2 rings (SSSR count). The van der Waals surface area contributed by atoms with E-state index in [4.69, 9.17) is 0 Å². The summed E-state index contributed by atoms with van der Waals surface area (Å²) in [4.78, 5) is 0. The lowest BCUT2D eigenvalue weighted by Gasteiger charge is -2.30. The number of hydrogen-bond acceptors (Lipinski definition) is 3. The zero-order valence-corrected chi connectivity index (χ0v) is 10.9. The molecule has 0 spiro atoms. The smallest absolute Gasteiger partial charge is 0.0771 e. The maximum atomic E-state index is 10.5. The first kappa shape index (κ1) is 13.3. The maximum absolute atomic E-state index is 10.5. The van der Waals surface area contributed by atoms with Gasteiger partial charge in [0.1, 0.15) is 0 Å². The van der Waals surface area contributed by atoms with E-state index in [0.717, 1.165) is 51.4 Å². The Labute approximate surface area is 105 Å². The lowest BCUT2D eigenvalue weighted by molar-refractivity contribution is 0.00922. The van der Waals surface area contributed by atoms with E-state index in [1.54, 1.807) is 0 Å². The van der Waals surface area contributed by atoms with Crippen molar-refractivity contribution in [3.05, 3.63) is 0 Å². The van der Waals surface area contributed by atoms with Crippen LogP contribution in [0.1, 0.15) is 64.2 Å². The number of aliphatic hydroxyl groups is 2. The highest BCUT2D eigenvalue weighted by molar-refractivity contribution is 4.89. The van der Waals surface area contributed by atoms with Crippen molar-refractivity contribution >= 4 is 0 Å². The quantitative estimate of drug-likeness (QED) is 0.660. The molecular weight excluding hydrogens is 214 g/mol. The van der Waals surface area contributed by atoms with Crippen LogP contribution in [0.25, 0.3) is 0 Å². The SMILES string of the molecule is OC1(CNCC2(O)CCCC2)CCCCCC1. The molecule has 0 heterocycles. The number of hydrogen-bond donors (Lipinski definition) is 3. The molecule has 100 valence electrons. The van der Waals surface area contributed by atoms with Gasteiger partial charge in [0.25, 0.3) is 0 Å². The largest absolute Gasteiger partial charge is 0.389 e. The molecule has 3 N–H and O–H groups in total. The van der Waals surface area contributed by atoms with Crippen molar-refractivity contribution in [2.24, 2.45) is 0 Å². The van der Waals surface area contributed by atoms with Crippen LogP contribution in [-0.4, -0.2) is 34.5 Å². The Hall–Kier alpha value is -0.120. The van der Waals surface area contributed by atoms with E-state index in [-0.39, 0.29) is 0 Å². The zero-order valence-electron chi connectivity index (χ0n) is 10.9. The Morgan fingerprint density at radius 1 is 0.647 bits per heavy atom. The minimum absolute atomic E-state index is 0.499. The first-order valence-corrected chi connectivity index (χ1v) is 7.28. The van der Waals surface area contributed by atoms with Crippen molar-refractivity contribution in [1.29, 1.82) is 0 Å². The fourth-order valence-corrected chi connectivity index (χ4v) is 3.30. The van der Waals surface area contributed by atoms with Crippen molar-refractivity contribution in [1.82, 2.24) is 5.32 Å². The molecule has 2 aliphatic rings. The van der Waals surface area contributed by atoms with Crippen LogP contribution < -0.4 is 5.32 Å². The second-order valence-electron chi connectivity index (χ2n) is 6.17. The molecule has 0 bridgehead atoms. The van der Waals surface area contributed by atoms with Crippen LogP contribution in [0.2, 0.25) is 0 Å². The summed E-state index contributed by atoms with van der Waals surface area (Å²) in [6, 6.07) is 0. The molecular formula is C14H27NO2. The van der Waals surface area contributed by atoms with Crippen molar-refractivity contribution in [2.45, 2.75) is 75.4 Å². The molecule has 0 amide bonds. The van der Waals surface area contributed by atoms with E-state index in [1.807, 2.05) is 0 Å². The topological polar surface area (TPSA) is 52.5 Å². The van der Waals surface area contributed by atoms with Gasteiger partial charge in [0.15, 0.2) is 0 Å². The van der Waals surface area contributed by atoms with Gasteiger partial charge in [0.05, 0.1) is 11.2 Å². The first-order chi connectivity index (χ1) is 8.12. The predicted octanol–water partition coefficient (Wildman–Crippen LogP) is 1.97. The van der Waals surface area contributed by atoms with E-state index in [9.17, 15) is 10.2 Å². The summed E-state index contributed by atoms with van der Waals surface area (Å²) >= 11 is 0. The van der Waals surface area contributed by atoms with Crippen LogP contribution in [0, 0.1) is 0 Å². The summed E-state index contributed by atoms with van der Waals surface area (Å²) in [5, 5.41) is 24.0. The van der Waals surface area contributed by atoms with Gasteiger partial charge in [-0.1, -0.05) is 38.5 Å². The third kappa shape index (κ3) is 3.94. The number of rotatable bonds is 4. The van der Waals surface area contributed by atoms with Crippen LogP contribution in [0.3, 0.4) is 0 Å². The van der Waals surface area contributed by atoms with Gasteiger partial charge in [-0.05, 0) is 25.7 Å². The third-order valence-electron chi connectivity index (χ3n) is 4.48. The van der Waals surface area contributed by atoms with Crippen molar-refractivity contribution < 1.29 is 10.2 Å². The summed E-state index contributed by atoms with van der Waals surface area (Å²) in [5.74, 6) is 0. The maximum Gasteiger partial charge on any atom is 0.0771 e. The van der Waals surface area contributed by atoms with Gasteiger partial charge >= 0.3 is 0 Å². The van der Waals surface area contributed by atoms with E-state index in [2.05, 4.69) is 5.32 Å². The van der Waals surface area contributed by atoms with Crippen LogP contribution >= 0.6 is 0 Å². The summed E-state index contributed by atoms with van der Waals surface area (Å²) in [5.41, 5.74) is -1.02. The Kier molecular flexibility index (Phi) is 4.45. The van der Waals surface area contributed by atoms with E-state index in [0.29, 0.717) is 13.1 Å². The highest BCUT2D eigenvalue weighted by Crippen LogP contribution is 2.29. The normalized spacial score (nSPS) is 27.9. The van der Waals surface area contributed by atoms with Crippen LogP contribution in [0.5, 0.6) is 0 Å². The highest BCUT2D eigenvalue weighted by Gasteiger charge is 2.32. The second kappa shape index (κ2) is 5.68. The minimum Gasteiger partial charge on any atom is -0.389 e. The van der Waals surface area contributed by atoms with Gasteiger partial charge in [-0.2, -0.15) is 0 Å². The van der Waals surface area contributed by atoms with Crippen LogP contribution in [0.15, 0.2) is 0 Å². The summed E-state index contributed by atoms with van der Waals surface area (Å²) in [7, 11) is 0. The lowest BCUT2D eigenvalue weighted by atomic mass is 9.94. The predicted molar refractivity (Wildman–Crippen MR) is 68.9 cm³/mol. The minimum atomic E-state index is -0.522. The Morgan fingerprint density at radius 3 is 1.41 bits per heavy atom. The monoisotopic (exact) mass is 241 g/mol. The van der Waals surface area contributed by atoms with Gasteiger partial charge < -0.3 is 15.5 Å². The lowest BCUT2D eigenvalue weighted by Crippen LogP contribution is -2.46. The van der Waals surface area contributed by atoms with E-state index < -0.39 is 11.2 Å². The fourth-order valence-electron chi connectivity index (χ4n) is 3.30. The second-order valence-corrected chi connectivity index (χ2v) is 6.17. The van der Waals surface area contributed by atoms with Gasteiger partial charge in [0.2, 0.25) is 0 Å². The first-order valence-electron chi connectivity index (χ1n) is 7.28. The Bertz CT molecular complexity index is 228. The average molecular weight is 241 g/mol. The molecule has 2 aliphatic carbocycles. The summed E-state index contributed by atoms with van der Waals surface area (Å²) in [6.45, 7) is 1.30. The fraction of sp³-hybridized carbons (Fsp3) is 1.00. The van der Waals surface area contributed by atoms with Crippen molar-refractivity contribution in [2.75, 3.05) is 13.1 Å². The highest BCUT2D eigenvalue weighted by atomic mass is 16.3. The molecule has 0 aromatic carbocycles. The molecule has 0 unspecified atom stereocenters. The van der Waals surface area contributed by atoms with Crippen molar-refractivity contribution in [3.8, 4) is 0 Å². The van der Waals surface area contributed by atoms with Crippen LogP contribution in [0.4, 0.5) is 0 Å². The van der Waals surface area contributed by atoms with Gasteiger partial charge in [-0.25, -0.2) is 0 Å². The standard InChI is InChI=1S/C14H27NO2/c16-13(7-3-1-2-4-8-13)11-15-12-14(17)9-5-6-10-14/h15-17H,1-12H2. The molecule has 0 radical (unpaired) electrons. The molecule has 2 fully saturated rings. The van der Waals surface area contributed by atoms with Gasteiger partial charge in [-0.3, -0.25) is 0 Å². The molecule has 3 nitrogen and oxygen atoms in total. The molecule has 0 atom stereocenters. The molecule has 3 heteroatoms. The molecule has 17 heavy (non-hydrogen) atoms. The van der Waals surface area contributed by atoms with Crippen molar-refractivity contribution in [3.63, 3.8) is 0 Å². The van der Waals surface area contributed by atoms with Gasteiger partial charge in [0, 0.05) is 13.1 Å². The molecule has 0 saturated heterocycles. The Morgan fingerprint density at radius 2 is 1.00 bits per heavy atom. The third-order valence-corrected chi connectivity index (χ3v) is 4.48. The van der Waals surface area contributed by atoms with Crippen LogP contribution in [-0.2, 0) is 0 Å². The number of nitrogens with one attached hydrogen (secondary N) is 1.